The summed E-state index contributed by atoms with van der Waals surface area (Å²) in [7, 11) is 0. The highest BCUT2D eigenvalue weighted by molar-refractivity contribution is 5.74. The third kappa shape index (κ3) is 7.15. The lowest BCUT2D eigenvalue weighted by molar-refractivity contribution is -0.146. The zero-order valence-electron chi connectivity index (χ0n) is 24.3. The number of hydrogen-bond acceptors (Lipinski definition) is 8. The van der Waals surface area contributed by atoms with Crippen LogP contribution in [0, 0.1) is 5.41 Å². The molecule has 3 heterocycles. The lowest BCUT2D eigenvalue weighted by atomic mass is 9.85. The Hall–Kier alpha value is -4.66. The standard InChI is InChI=1S/C33H37N5O4/c1-4-41-27-14-5-6-15-28(27)42-25-12-9-17-38(22-25)31-21-34-20-30(37-31)36-29-16-8-13-26(35-29)24-11-7-10-23(18-24)19-33(2,3)32(39)40/h5-8,10-11,13-16,18,20-21,25H,4,9,12,17,19,22H2,1-3H3,(H,39,40)(H,35,36,37)/t25-/m1/s1. The molecule has 1 atom stereocenters. The average molecular weight is 568 g/mol. The third-order valence-corrected chi connectivity index (χ3v) is 7.22. The van der Waals surface area contributed by atoms with E-state index in [2.05, 4.69) is 15.2 Å². The minimum Gasteiger partial charge on any atom is -0.490 e. The first-order chi connectivity index (χ1) is 20.3. The molecule has 1 fully saturated rings. The number of ether oxygens (including phenoxy) is 2. The first kappa shape index (κ1) is 28.9. The summed E-state index contributed by atoms with van der Waals surface area (Å²) in [5, 5.41) is 12.8. The summed E-state index contributed by atoms with van der Waals surface area (Å²) in [4.78, 5) is 27.9. The molecule has 9 nitrogen and oxygen atoms in total. The smallest absolute Gasteiger partial charge is 0.309 e. The van der Waals surface area contributed by atoms with Gasteiger partial charge in [-0.25, -0.2) is 9.97 Å². The highest BCUT2D eigenvalue weighted by atomic mass is 16.5. The van der Waals surface area contributed by atoms with Crippen LogP contribution < -0.4 is 19.7 Å². The molecule has 0 amide bonds. The maximum atomic E-state index is 11.6. The molecule has 0 unspecified atom stereocenters. The van der Waals surface area contributed by atoms with Gasteiger partial charge in [0, 0.05) is 12.1 Å². The molecular formula is C33H37N5O4. The SMILES string of the molecule is CCOc1ccccc1O[C@@H]1CCCN(c2cncc(Nc3cccc(-c4cccc(CC(C)(C)C(=O)O)c4)n3)n2)C1. The lowest BCUT2D eigenvalue weighted by Gasteiger charge is -2.33. The second-order valence-corrected chi connectivity index (χ2v) is 11.1. The van der Waals surface area contributed by atoms with Crippen molar-refractivity contribution >= 4 is 23.4 Å². The fourth-order valence-electron chi connectivity index (χ4n) is 5.04. The van der Waals surface area contributed by atoms with Crippen molar-refractivity contribution in [1.29, 1.82) is 0 Å². The first-order valence-corrected chi connectivity index (χ1v) is 14.3. The molecule has 0 spiro atoms. The number of piperidine rings is 1. The quantitative estimate of drug-likeness (QED) is 0.213. The van der Waals surface area contributed by atoms with E-state index >= 15 is 0 Å². The van der Waals surface area contributed by atoms with Crippen LogP contribution in [-0.2, 0) is 11.2 Å². The van der Waals surface area contributed by atoms with Crippen LogP contribution in [0.1, 0.15) is 39.2 Å². The van der Waals surface area contributed by atoms with E-state index in [0.29, 0.717) is 31.2 Å². The highest BCUT2D eigenvalue weighted by Gasteiger charge is 2.27. The summed E-state index contributed by atoms with van der Waals surface area (Å²) >= 11 is 0. The van der Waals surface area contributed by atoms with Crippen molar-refractivity contribution in [2.75, 3.05) is 29.9 Å². The van der Waals surface area contributed by atoms with E-state index < -0.39 is 11.4 Å². The average Bonchev–Trinajstić information content (AvgIpc) is 2.99. The molecule has 2 aromatic heterocycles. The summed E-state index contributed by atoms with van der Waals surface area (Å²) in [6.45, 7) is 7.59. The number of hydrogen-bond donors (Lipinski definition) is 2. The van der Waals surface area contributed by atoms with Crippen LogP contribution in [0.25, 0.3) is 11.3 Å². The van der Waals surface area contributed by atoms with Gasteiger partial charge in [-0.2, -0.15) is 0 Å². The Labute approximate surface area is 246 Å². The van der Waals surface area contributed by atoms with Gasteiger partial charge >= 0.3 is 5.97 Å². The summed E-state index contributed by atoms with van der Waals surface area (Å²) in [5.74, 6) is 2.71. The Bertz CT molecular complexity index is 1530. The lowest BCUT2D eigenvalue weighted by Crippen LogP contribution is -2.41. The number of rotatable bonds is 11. The van der Waals surface area contributed by atoms with Crippen molar-refractivity contribution in [2.24, 2.45) is 5.41 Å². The van der Waals surface area contributed by atoms with Gasteiger partial charge in [-0.1, -0.05) is 36.4 Å². The zero-order chi connectivity index (χ0) is 29.5. The van der Waals surface area contributed by atoms with E-state index in [9.17, 15) is 9.90 Å². The Morgan fingerprint density at radius 3 is 2.64 bits per heavy atom. The minimum atomic E-state index is -0.854. The largest absolute Gasteiger partial charge is 0.490 e. The molecule has 0 bridgehead atoms. The Morgan fingerprint density at radius 2 is 1.83 bits per heavy atom. The number of anilines is 3. The highest BCUT2D eigenvalue weighted by Crippen LogP contribution is 2.30. The molecule has 0 aliphatic carbocycles. The van der Waals surface area contributed by atoms with Crippen molar-refractivity contribution in [3.63, 3.8) is 0 Å². The van der Waals surface area contributed by atoms with Crippen LogP contribution in [0.3, 0.4) is 0 Å². The van der Waals surface area contributed by atoms with E-state index in [4.69, 9.17) is 19.4 Å². The predicted octanol–water partition coefficient (Wildman–Crippen LogP) is 6.38. The van der Waals surface area contributed by atoms with Crippen molar-refractivity contribution in [1.82, 2.24) is 15.0 Å². The van der Waals surface area contributed by atoms with Crippen molar-refractivity contribution in [3.8, 4) is 22.8 Å². The van der Waals surface area contributed by atoms with Gasteiger partial charge in [0.2, 0.25) is 0 Å². The number of nitrogens with one attached hydrogen (secondary N) is 1. The van der Waals surface area contributed by atoms with E-state index in [-0.39, 0.29) is 6.10 Å². The number of carboxylic acid groups (broad SMARTS) is 1. The predicted molar refractivity (Wildman–Crippen MR) is 164 cm³/mol. The van der Waals surface area contributed by atoms with Gasteiger partial charge in [-0.3, -0.25) is 9.78 Å². The number of pyridine rings is 1. The fraction of sp³-hybridized carbons (Fsp3) is 0.333. The van der Waals surface area contributed by atoms with Crippen molar-refractivity contribution < 1.29 is 19.4 Å². The summed E-state index contributed by atoms with van der Waals surface area (Å²) in [5.41, 5.74) is 1.79. The third-order valence-electron chi connectivity index (χ3n) is 7.22. The van der Waals surface area contributed by atoms with E-state index in [1.807, 2.05) is 73.7 Å². The Kier molecular flexibility index (Phi) is 8.85. The molecule has 2 aromatic carbocycles. The van der Waals surface area contributed by atoms with Crippen LogP contribution in [-0.4, -0.2) is 51.8 Å². The van der Waals surface area contributed by atoms with Crippen LogP contribution >= 0.6 is 0 Å². The van der Waals surface area contributed by atoms with E-state index in [0.717, 1.165) is 53.5 Å². The monoisotopic (exact) mass is 567 g/mol. The number of nitrogens with zero attached hydrogens (tertiary/aromatic N) is 4. The zero-order valence-corrected chi connectivity index (χ0v) is 24.3. The first-order valence-electron chi connectivity index (χ1n) is 14.3. The van der Waals surface area contributed by atoms with Gasteiger partial charge in [0.25, 0.3) is 0 Å². The molecule has 1 aliphatic rings. The molecule has 2 N–H and O–H groups in total. The Morgan fingerprint density at radius 1 is 1.02 bits per heavy atom. The van der Waals surface area contributed by atoms with E-state index in [1.165, 1.54) is 0 Å². The van der Waals surface area contributed by atoms with Gasteiger partial charge in [-0.15, -0.1) is 0 Å². The van der Waals surface area contributed by atoms with Gasteiger partial charge in [-0.05, 0) is 75.9 Å². The van der Waals surface area contributed by atoms with Gasteiger partial charge in [0.1, 0.15) is 17.7 Å². The van der Waals surface area contributed by atoms with E-state index in [1.54, 1.807) is 26.2 Å². The normalized spacial score (nSPS) is 15.2. The molecule has 0 radical (unpaired) electrons. The van der Waals surface area contributed by atoms with Crippen LogP contribution in [0.2, 0.25) is 0 Å². The van der Waals surface area contributed by atoms with Crippen molar-refractivity contribution in [3.05, 3.63) is 84.7 Å². The topological polar surface area (TPSA) is 110 Å². The summed E-state index contributed by atoms with van der Waals surface area (Å²) < 4.78 is 12.1. The van der Waals surface area contributed by atoms with Gasteiger partial charge in [0.15, 0.2) is 17.3 Å². The van der Waals surface area contributed by atoms with Gasteiger partial charge in [0.05, 0.1) is 36.7 Å². The number of para-hydroxylation sites is 2. The molecule has 42 heavy (non-hydrogen) atoms. The number of carboxylic acids is 1. The molecule has 218 valence electrons. The number of benzene rings is 2. The molecule has 1 saturated heterocycles. The molecule has 1 aliphatic heterocycles. The second kappa shape index (κ2) is 12.9. The maximum absolute atomic E-state index is 11.6. The van der Waals surface area contributed by atoms with Gasteiger partial charge < -0.3 is 24.8 Å². The summed E-state index contributed by atoms with van der Waals surface area (Å²) in [6, 6.07) is 21.4. The minimum absolute atomic E-state index is 0.00829. The molecule has 0 saturated carbocycles. The van der Waals surface area contributed by atoms with Crippen LogP contribution in [0.5, 0.6) is 11.5 Å². The summed E-state index contributed by atoms with van der Waals surface area (Å²) in [6.07, 6.45) is 5.83. The maximum Gasteiger partial charge on any atom is 0.309 e. The molecule has 5 rings (SSSR count). The number of carbonyl (C=O) groups is 1. The molecule has 9 heteroatoms. The molecular weight excluding hydrogens is 530 g/mol. The Balaban J connectivity index is 1.27. The number of aromatic nitrogens is 3. The fourth-order valence-corrected chi connectivity index (χ4v) is 5.04. The second-order valence-electron chi connectivity index (χ2n) is 11.1. The van der Waals surface area contributed by atoms with Crippen molar-refractivity contribution in [2.45, 2.75) is 46.1 Å². The number of aliphatic carboxylic acids is 1. The van der Waals surface area contributed by atoms with Crippen LogP contribution in [0.15, 0.2) is 79.1 Å². The van der Waals surface area contributed by atoms with Crippen LogP contribution in [0.4, 0.5) is 17.5 Å². The molecule has 4 aromatic rings.